The molecule has 6 rings (SSSR count). The van der Waals surface area contributed by atoms with Crippen molar-refractivity contribution in [2.45, 2.75) is 19.4 Å². The van der Waals surface area contributed by atoms with Crippen LogP contribution in [-0.2, 0) is 19.2 Å². The van der Waals surface area contributed by atoms with Crippen molar-refractivity contribution in [2.75, 3.05) is 12.0 Å². The van der Waals surface area contributed by atoms with Crippen LogP contribution >= 0.6 is 0 Å². The molecule has 0 radical (unpaired) electrons. The Morgan fingerprint density at radius 2 is 1.58 bits per heavy atom. The summed E-state index contributed by atoms with van der Waals surface area (Å²) in [5.41, 5.74) is 2.28. The minimum Gasteiger partial charge on any atom is -0.497 e. The third-order valence-electron chi connectivity index (χ3n) is 7.43. The number of esters is 1. The molecule has 33 heavy (non-hydrogen) atoms. The number of hydrogen-bond acceptors (Lipinski definition) is 7. The maximum Gasteiger partial charge on any atom is 0.308 e. The number of imide groups is 1. The van der Waals surface area contributed by atoms with Gasteiger partial charge in [-0.3, -0.25) is 19.3 Å². The molecule has 3 fully saturated rings. The van der Waals surface area contributed by atoms with Gasteiger partial charge in [0.15, 0.2) is 0 Å². The van der Waals surface area contributed by atoms with Crippen molar-refractivity contribution < 1.29 is 28.7 Å². The highest BCUT2D eigenvalue weighted by Gasteiger charge is 2.70. The standard InChI is InChI=1S/C25H22N2O6/c1-12(28)32-16-9-5-14(6-10-16)27-24(29)19-17-11-18(20(19)25(27)30)23-21(17)22(26-33-23)13-3-7-15(31-2)8-4-13/h3-10,17-21,23H,11H2,1-2H3. The smallest absolute Gasteiger partial charge is 0.308 e. The van der Waals surface area contributed by atoms with Crippen molar-refractivity contribution >= 4 is 29.2 Å². The molecule has 2 aliphatic carbocycles. The van der Waals surface area contributed by atoms with Crippen LogP contribution in [0.5, 0.6) is 11.5 Å². The Labute approximate surface area is 190 Å². The molecule has 2 aromatic rings. The topological polar surface area (TPSA) is 94.5 Å². The van der Waals surface area contributed by atoms with Crippen LogP contribution in [0.3, 0.4) is 0 Å². The number of carbonyl (C=O) groups excluding carboxylic acids is 3. The molecule has 0 N–H and O–H groups in total. The molecule has 6 atom stereocenters. The summed E-state index contributed by atoms with van der Waals surface area (Å²) >= 11 is 0. The summed E-state index contributed by atoms with van der Waals surface area (Å²) in [5, 5.41) is 4.37. The number of oxime groups is 1. The van der Waals surface area contributed by atoms with Gasteiger partial charge in [-0.2, -0.15) is 0 Å². The zero-order chi connectivity index (χ0) is 22.9. The zero-order valence-electron chi connectivity index (χ0n) is 18.1. The normalized spacial score (nSPS) is 31.2. The van der Waals surface area contributed by atoms with Gasteiger partial charge in [-0.05, 0) is 60.9 Å². The van der Waals surface area contributed by atoms with Crippen LogP contribution in [0.1, 0.15) is 18.9 Å². The lowest BCUT2D eigenvalue weighted by Gasteiger charge is -2.29. The van der Waals surface area contributed by atoms with E-state index in [-0.39, 0.29) is 47.5 Å². The quantitative estimate of drug-likeness (QED) is 0.407. The van der Waals surface area contributed by atoms with Crippen LogP contribution in [-0.4, -0.2) is 36.7 Å². The Morgan fingerprint density at radius 3 is 2.21 bits per heavy atom. The number of hydrogen-bond donors (Lipinski definition) is 0. The first-order chi connectivity index (χ1) is 16.0. The van der Waals surface area contributed by atoms with E-state index < -0.39 is 5.97 Å². The van der Waals surface area contributed by atoms with E-state index in [0.29, 0.717) is 11.4 Å². The van der Waals surface area contributed by atoms with Crippen molar-refractivity contribution in [3.8, 4) is 11.5 Å². The molecule has 6 unspecified atom stereocenters. The molecule has 2 amide bonds. The Bertz CT molecular complexity index is 1190. The molecular weight excluding hydrogens is 424 g/mol. The lowest BCUT2D eigenvalue weighted by Crippen LogP contribution is -2.41. The van der Waals surface area contributed by atoms with Crippen LogP contribution in [0.2, 0.25) is 0 Å². The van der Waals surface area contributed by atoms with Gasteiger partial charge < -0.3 is 14.3 Å². The summed E-state index contributed by atoms with van der Waals surface area (Å²) in [5.74, 6) is -0.444. The molecule has 8 heteroatoms. The Kier molecular flexibility index (Phi) is 4.33. The second kappa shape index (κ2) is 7.16. The Morgan fingerprint density at radius 1 is 0.939 bits per heavy atom. The maximum atomic E-state index is 13.5. The highest BCUT2D eigenvalue weighted by molar-refractivity contribution is 6.23. The first-order valence-corrected chi connectivity index (χ1v) is 11.0. The first-order valence-electron chi connectivity index (χ1n) is 11.0. The molecule has 2 saturated carbocycles. The largest absolute Gasteiger partial charge is 0.497 e. The Balaban J connectivity index is 1.28. The van der Waals surface area contributed by atoms with Crippen molar-refractivity contribution in [3.05, 3.63) is 54.1 Å². The van der Waals surface area contributed by atoms with E-state index in [0.717, 1.165) is 23.4 Å². The van der Waals surface area contributed by atoms with Gasteiger partial charge in [0.1, 0.15) is 17.6 Å². The van der Waals surface area contributed by atoms with Gasteiger partial charge in [-0.1, -0.05) is 5.16 Å². The van der Waals surface area contributed by atoms with Crippen molar-refractivity contribution in [2.24, 2.45) is 34.7 Å². The average Bonchev–Trinajstić information content (AvgIpc) is 3.55. The van der Waals surface area contributed by atoms with Crippen LogP contribution < -0.4 is 14.4 Å². The third-order valence-corrected chi connectivity index (χ3v) is 7.43. The lowest BCUT2D eigenvalue weighted by atomic mass is 9.71. The summed E-state index contributed by atoms with van der Waals surface area (Å²) in [6.45, 7) is 1.32. The monoisotopic (exact) mass is 446 g/mol. The summed E-state index contributed by atoms with van der Waals surface area (Å²) in [6.07, 6.45) is 0.604. The lowest BCUT2D eigenvalue weighted by molar-refractivity contribution is -0.132. The number of ether oxygens (including phenoxy) is 2. The molecule has 8 nitrogen and oxygen atoms in total. The van der Waals surface area contributed by atoms with Gasteiger partial charge in [0, 0.05) is 24.3 Å². The molecule has 2 aliphatic heterocycles. The molecule has 0 spiro atoms. The van der Waals surface area contributed by atoms with E-state index in [9.17, 15) is 14.4 Å². The van der Waals surface area contributed by atoms with Crippen LogP contribution in [0.4, 0.5) is 5.69 Å². The summed E-state index contributed by atoms with van der Waals surface area (Å²) in [7, 11) is 1.62. The van der Waals surface area contributed by atoms with Gasteiger partial charge in [-0.25, -0.2) is 0 Å². The van der Waals surface area contributed by atoms with E-state index in [1.165, 1.54) is 11.8 Å². The molecule has 2 bridgehead atoms. The number of anilines is 1. The molecule has 1 saturated heterocycles. The number of methoxy groups -OCH3 is 1. The van der Waals surface area contributed by atoms with Gasteiger partial charge >= 0.3 is 5.97 Å². The molecule has 2 heterocycles. The predicted molar refractivity (Wildman–Crippen MR) is 117 cm³/mol. The van der Waals surface area contributed by atoms with Gasteiger partial charge in [-0.15, -0.1) is 0 Å². The van der Waals surface area contributed by atoms with Crippen LogP contribution in [0.25, 0.3) is 0 Å². The summed E-state index contributed by atoms with van der Waals surface area (Å²) < 4.78 is 10.3. The second-order valence-corrected chi connectivity index (χ2v) is 9.02. The number of nitrogens with zero attached hydrogens (tertiary/aromatic N) is 2. The molecule has 4 aliphatic rings. The van der Waals surface area contributed by atoms with Gasteiger partial charge in [0.2, 0.25) is 11.8 Å². The number of carbonyl (C=O) groups is 3. The molecule has 0 aromatic heterocycles. The average molecular weight is 446 g/mol. The fraction of sp³-hybridized carbons (Fsp3) is 0.360. The van der Waals surface area contributed by atoms with Crippen molar-refractivity contribution in [3.63, 3.8) is 0 Å². The molecule has 2 aromatic carbocycles. The number of fused-ring (bicyclic) bond motifs is 8. The Hall–Kier alpha value is -3.68. The van der Waals surface area contributed by atoms with Gasteiger partial charge in [0.25, 0.3) is 0 Å². The highest BCUT2D eigenvalue weighted by atomic mass is 16.6. The number of rotatable bonds is 4. The summed E-state index contributed by atoms with van der Waals surface area (Å²) in [4.78, 5) is 45.2. The fourth-order valence-electron chi connectivity index (χ4n) is 6.21. The fourth-order valence-corrected chi connectivity index (χ4v) is 6.21. The SMILES string of the molecule is COc1ccc(C2=NOC3C4CC(C23)C2C(=O)N(c3ccc(OC(C)=O)cc3)C(=O)C42)cc1. The second-order valence-electron chi connectivity index (χ2n) is 9.02. The van der Waals surface area contributed by atoms with E-state index in [2.05, 4.69) is 5.16 Å². The van der Waals surface area contributed by atoms with E-state index in [4.69, 9.17) is 14.3 Å². The number of benzene rings is 2. The van der Waals surface area contributed by atoms with Crippen LogP contribution in [0, 0.1) is 29.6 Å². The van der Waals surface area contributed by atoms with Crippen LogP contribution in [0.15, 0.2) is 53.7 Å². The van der Waals surface area contributed by atoms with E-state index in [1.54, 1.807) is 31.4 Å². The van der Waals surface area contributed by atoms with Crippen molar-refractivity contribution in [1.29, 1.82) is 0 Å². The number of amides is 2. The molecule has 168 valence electrons. The minimum atomic E-state index is -0.428. The summed E-state index contributed by atoms with van der Waals surface area (Å²) in [6, 6.07) is 14.1. The van der Waals surface area contributed by atoms with Crippen molar-refractivity contribution in [1.82, 2.24) is 0 Å². The van der Waals surface area contributed by atoms with E-state index >= 15 is 0 Å². The third kappa shape index (κ3) is 2.83. The first kappa shape index (κ1) is 20.0. The maximum absolute atomic E-state index is 13.5. The molecular formula is C25H22N2O6. The van der Waals surface area contributed by atoms with Gasteiger partial charge in [0.05, 0.1) is 30.3 Å². The zero-order valence-corrected chi connectivity index (χ0v) is 18.1. The van der Waals surface area contributed by atoms with E-state index in [1.807, 2.05) is 24.3 Å². The minimum absolute atomic E-state index is 0.00677. The highest BCUT2D eigenvalue weighted by Crippen LogP contribution is 2.62. The predicted octanol–water partition coefficient (Wildman–Crippen LogP) is 2.80.